The van der Waals surface area contributed by atoms with Crippen LogP contribution in [0.1, 0.15) is 349 Å². The van der Waals surface area contributed by atoms with Gasteiger partial charge in [0, 0.05) is 25.7 Å². The zero-order chi connectivity index (χ0) is 76.0. The molecule has 5 atom stereocenters. The van der Waals surface area contributed by atoms with Crippen molar-refractivity contribution in [1.29, 1.82) is 0 Å². The van der Waals surface area contributed by atoms with Crippen LogP contribution in [-0.4, -0.2) is 96.7 Å². The molecule has 0 aliphatic heterocycles. The maximum atomic E-state index is 13.1. The molecule has 0 aromatic carbocycles. The van der Waals surface area contributed by atoms with E-state index in [2.05, 4.69) is 137 Å². The van der Waals surface area contributed by atoms with Gasteiger partial charge in [-0.05, 0) is 122 Å². The number of allylic oxidation sites excluding steroid dienone is 18. The largest absolute Gasteiger partial charge is 0.472 e. The molecule has 0 aliphatic carbocycles. The SMILES string of the molecule is CC/C=C\C/C=C\C/C=C\CCCCCCCCCC(=O)OCC(COP(=O)(O)OCC(O)COP(=O)(O)OCC(COC(=O)CCCCCCCCC/C=C\C/C=C\C/C=C\CC)OC(=O)CCCCCCCCCCCCCCCCC)OC(=O)CCCCCCC/C=C\C/C=C\C/C=C\CC. The van der Waals surface area contributed by atoms with Gasteiger partial charge < -0.3 is 33.8 Å². The van der Waals surface area contributed by atoms with Crippen molar-refractivity contribution in [3.05, 3.63) is 109 Å². The Hall–Kier alpha value is -4.28. The lowest BCUT2D eigenvalue weighted by Gasteiger charge is -2.21. The average molecular weight is 1500 g/mol. The van der Waals surface area contributed by atoms with Crippen molar-refractivity contribution in [2.75, 3.05) is 39.6 Å². The molecule has 0 aliphatic rings. The summed E-state index contributed by atoms with van der Waals surface area (Å²) in [6.07, 6.45) is 83.4. The fourth-order valence-corrected chi connectivity index (χ4v) is 12.7. The second-order valence-corrected chi connectivity index (χ2v) is 30.2. The van der Waals surface area contributed by atoms with Crippen LogP contribution in [0.3, 0.4) is 0 Å². The minimum Gasteiger partial charge on any atom is -0.462 e. The monoisotopic (exact) mass is 1500 g/mol. The van der Waals surface area contributed by atoms with Crippen LogP contribution in [0, 0.1) is 0 Å². The van der Waals surface area contributed by atoms with Gasteiger partial charge >= 0.3 is 39.5 Å². The molecule has 17 nitrogen and oxygen atoms in total. The summed E-state index contributed by atoms with van der Waals surface area (Å²) in [5, 5.41) is 10.7. The number of hydrogen-bond donors (Lipinski definition) is 3. The third-order valence-electron chi connectivity index (χ3n) is 17.2. The van der Waals surface area contributed by atoms with E-state index in [0.29, 0.717) is 25.7 Å². The van der Waals surface area contributed by atoms with E-state index in [1.807, 2.05) is 0 Å². The average Bonchev–Trinajstić information content (AvgIpc) is 0.937. The van der Waals surface area contributed by atoms with Gasteiger partial charge in [-0.25, -0.2) is 9.13 Å². The van der Waals surface area contributed by atoms with Crippen molar-refractivity contribution in [3.63, 3.8) is 0 Å². The van der Waals surface area contributed by atoms with E-state index in [4.69, 9.17) is 37.0 Å². The lowest BCUT2D eigenvalue weighted by atomic mass is 10.0. The zero-order valence-electron chi connectivity index (χ0n) is 65.7. The predicted octanol–water partition coefficient (Wildman–Crippen LogP) is 24.1. The molecular weight excluding hydrogens is 1350 g/mol. The number of phosphoric ester groups is 2. The smallest absolute Gasteiger partial charge is 0.462 e. The molecule has 0 amide bonds. The van der Waals surface area contributed by atoms with Gasteiger partial charge in [-0.3, -0.25) is 37.3 Å². The van der Waals surface area contributed by atoms with Gasteiger partial charge in [0.05, 0.1) is 26.4 Å². The number of carbonyl (C=O) groups is 4. The van der Waals surface area contributed by atoms with Crippen molar-refractivity contribution < 1.29 is 80.2 Å². The summed E-state index contributed by atoms with van der Waals surface area (Å²) >= 11 is 0. The highest BCUT2D eigenvalue weighted by molar-refractivity contribution is 7.47. The molecule has 0 saturated carbocycles. The minimum atomic E-state index is -4.99. The van der Waals surface area contributed by atoms with Gasteiger partial charge in [0.1, 0.15) is 19.3 Å². The summed E-state index contributed by atoms with van der Waals surface area (Å²) in [5.41, 5.74) is 0. The minimum absolute atomic E-state index is 0.0728. The van der Waals surface area contributed by atoms with Crippen LogP contribution < -0.4 is 0 Å². The van der Waals surface area contributed by atoms with E-state index in [9.17, 15) is 43.2 Å². The molecule has 0 spiro atoms. The maximum Gasteiger partial charge on any atom is 0.472 e. The second kappa shape index (κ2) is 76.9. The van der Waals surface area contributed by atoms with Crippen LogP contribution in [0.4, 0.5) is 0 Å². The molecule has 0 aromatic heterocycles. The quantitative estimate of drug-likeness (QED) is 0.0169. The Balaban J connectivity index is 5.36. The van der Waals surface area contributed by atoms with E-state index in [0.717, 1.165) is 205 Å². The summed E-state index contributed by atoms with van der Waals surface area (Å²) in [5.74, 6) is -2.19. The highest BCUT2D eigenvalue weighted by Crippen LogP contribution is 2.45. The standard InChI is InChI=1S/C85H148O17P2/c1-5-9-13-17-21-25-29-33-37-39-43-45-49-53-57-61-65-69-82(87)95-75-80(101-84(89)71-67-63-59-55-51-47-41-35-31-27-23-19-15-11-7-3)77-99-103(91,92)97-73-79(86)74-98-104(93,94)100-78-81(102-85(90)72-68-64-60-56-52-48-42-36-32-28-24-20-16-12-8-4)76-96-83(88)70-66-62-58-54-50-46-44-40-38-34-30-26-22-18-14-10-6-2/h9-11,13-15,21-23,25-27,33-35,37-38,41,79-81,86H,5-8,12,16-20,24,28-32,36,39-40,42-78H2,1-4H3,(H,91,92)(H,93,94)/b13-9-,14-10-,15-11-,25-21-,26-22-,27-23-,37-33-,38-34-,41-35-. The van der Waals surface area contributed by atoms with Crippen molar-refractivity contribution in [3.8, 4) is 0 Å². The topological polar surface area (TPSA) is 237 Å². The summed E-state index contributed by atoms with van der Waals surface area (Å²) in [4.78, 5) is 73.1. The van der Waals surface area contributed by atoms with Gasteiger partial charge in [-0.1, -0.05) is 310 Å². The Morgan fingerprint density at radius 1 is 0.279 bits per heavy atom. The summed E-state index contributed by atoms with van der Waals surface area (Å²) in [6, 6.07) is 0. The molecule has 3 N–H and O–H groups in total. The molecule has 104 heavy (non-hydrogen) atoms. The van der Waals surface area contributed by atoms with Crippen LogP contribution in [0.2, 0.25) is 0 Å². The maximum absolute atomic E-state index is 13.1. The molecule has 0 aromatic rings. The van der Waals surface area contributed by atoms with E-state index in [1.54, 1.807) is 0 Å². The Kier molecular flexibility index (Phi) is 73.7. The predicted molar refractivity (Wildman–Crippen MR) is 427 cm³/mol. The van der Waals surface area contributed by atoms with Gasteiger partial charge in [-0.15, -0.1) is 0 Å². The first-order valence-electron chi connectivity index (χ1n) is 41.1. The first-order valence-corrected chi connectivity index (χ1v) is 44.1. The Morgan fingerprint density at radius 2 is 0.500 bits per heavy atom. The first kappa shape index (κ1) is 99.7. The third-order valence-corrected chi connectivity index (χ3v) is 19.1. The number of hydrogen-bond acceptors (Lipinski definition) is 15. The van der Waals surface area contributed by atoms with E-state index >= 15 is 0 Å². The molecule has 0 radical (unpaired) electrons. The summed E-state index contributed by atoms with van der Waals surface area (Å²) in [6.45, 7) is 4.56. The first-order chi connectivity index (χ1) is 50.7. The van der Waals surface area contributed by atoms with Crippen LogP contribution in [-0.2, 0) is 65.4 Å². The third kappa shape index (κ3) is 75.9. The molecule has 19 heteroatoms. The number of esters is 4. The number of carbonyl (C=O) groups excluding carboxylic acids is 4. The second-order valence-electron chi connectivity index (χ2n) is 27.3. The van der Waals surface area contributed by atoms with Crippen molar-refractivity contribution in [2.24, 2.45) is 0 Å². The molecule has 0 bridgehead atoms. The lowest BCUT2D eigenvalue weighted by Crippen LogP contribution is -2.30. The van der Waals surface area contributed by atoms with Crippen molar-refractivity contribution in [2.45, 2.75) is 367 Å². The van der Waals surface area contributed by atoms with Crippen molar-refractivity contribution >= 4 is 39.5 Å². The van der Waals surface area contributed by atoms with E-state index in [-0.39, 0.29) is 25.7 Å². The molecule has 5 unspecified atom stereocenters. The van der Waals surface area contributed by atoms with Crippen LogP contribution in [0.5, 0.6) is 0 Å². The van der Waals surface area contributed by atoms with Crippen molar-refractivity contribution in [1.82, 2.24) is 0 Å². The Bertz CT molecular complexity index is 2390. The Labute approximate surface area is 632 Å². The number of phosphoric acid groups is 2. The number of rotatable bonds is 77. The molecule has 0 heterocycles. The fraction of sp³-hybridized carbons (Fsp3) is 0.741. The highest BCUT2D eigenvalue weighted by atomic mass is 31.2. The molecule has 0 saturated heterocycles. The summed E-state index contributed by atoms with van der Waals surface area (Å²) in [7, 11) is -9.97. The lowest BCUT2D eigenvalue weighted by molar-refractivity contribution is -0.161. The van der Waals surface area contributed by atoms with Gasteiger partial charge in [0.15, 0.2) is 12.2 Å². The van der Waals surface area contributed by atoms with Gasteiger partial charge in [0.25, 0.3) is 0 Å². The number of unbranched alkanes of at least 4 members (excludes halogenated alkanes) is 33. The molecular formula is C85H148O17P2. The zero-order valence-corrected chi connectivity index (χ0v) is 67.5. The molecule has 0 rings (SSSR count). The number of ether oxygens (including phenoxy) is 4. The molecule has 600 valence electrons. The number of aliphatic hydroxyl groups excluding tert-OH is 1. The van der Waals surface area contributed by atoms with Crippen LogP contribution in [0.25, 0.3) is 0 Å². The van der Waals surface area contributed by atoms with E-state index in [1.165, 1.54) is 64.2 Å². The van der Waals surface area contributed by atoms with Gasteiger partial charge in [-0.2, -0.15) is 0 Å². The van der Waals surface area contributed by atoms with Crippen LogP contribution >= 0.6 is 15.6 Å². The summed E-state index contributed by atoms with van der Waals surface area (Å²) < 4.78 is 68.7. The number of aliphatic hydroxyl groups is 1. The fourth-order valence-electron chi connectivity index (χ4n) is 11.1. The van der Waals surface area contributed by atoms with E-state index < -0.39 is 97.5 Å². The van der Waals surface area contributed by atoms with Gasteiger partial charge in [0.2, 0.25) is 0 Å². The normalized spacial score (nSPS) is 14.4. The Morgan fingerprint density at radius 3 is 0.769 bits per heavy atom. The van der Waals surface area contributed by atoms with Crippen LogP contribution in [0.15, 0.2) is 109 Å². The molecule has 0 fully saturated rings. The highest BCUT2D eigenvalue weighted by Gasteiger charge is 2.30.